The highest BCUT2D eigenvalue weighted by molar-refractivity contribution is 7.15. The molecule has 0 atom stereocenters. The third kappa shape index (κ3) is 2.38. The number of benzene rings is 1. The number of likely N-dealkylation sites (N-methyl/N-ethyl adjacent to an activating group) is 1. The van der Waals surface area contributed by atoms with Gasteiger partial charge in [0.2, 0.25) is 0 Å². The van der Waals surface area contributed by atoms with Crippen LogP contribution in [0.15, 0.2) is 23.0 Å². The van der Waals surface area contributed by atoms with Gasteiger partial charge < -0.3 is 4.90 Å². The Labute approximate surface area is 138 Å². The van der Waals surface area contributed by atoms with Gasteiger partial charge in [-0.3, -0.25) is 9.36 Å². The maximum Gasteiger partial charge on any atom is 0.261 e. The van der Waals surface area contributed by atoms with Gasteiger partial charge in [-0.05, 0) is 38.6 Å². The van der Waals surface area contributed by atoms with E-state index in [0.29, 0.717) is 5.39 Å². The Bertz CT molecular complexity index is 973. The molecular formula is C17H18N4OS. The third-order valence-electron chi connectivity index (χ3n) is 4.46. The van der Waals surface area contributed by atoms with E-state index in [1.54, 1.807) is 23.0 Å². The van der Waals surface area contributed by atoms with E-state index in [1.165, 1.54) is 10.6 Å². The molecule has 1 aliphatic heterocycles. The van der Waals surface area contributed by atoms with Crippen LogP contribution in [-0.4, -0.2) is 33.0 Å². The average molecular weight is 326 g/mol. The van der Waals surface area contributed by atoms with Crippen LogP contribution >= 0.6 is 11.3 Å². The molecule has 3 heterocycles. The zero-order valence-electron chi connectivity index (χ0n) is 13.5. The molecule has 5 nitrogen and oxygen atoms in total. The monoisotopic (exact) mass is 326 g/mol. The van der Waals surface area contributed by atoms with Gasteiger partial charge in [0.15, 0.2) is 0 Å². The maximum atomic E-state index is 12.5. The molecule has 1 aliphatic rings. The second-order valence-corrected chi connectivity index (χ2v) is 7.22. The van der Waals surface area contributed by atoms with Gasteiger partial charge in [-0.15, -0.1) is 11.3 Å². The molecule has 2 aromatic heterocycles. The van der Waals surface area contributed by atoms with E-state index in [2.05, 4.69) is 16.9 Å². The van der Waals surface area contributed by atoms with Crippen LogP contribution in [0.2, 0.25) is 0 Å². The lowest BCUT2D eigenvalue weighted by molar-refractivity contribution is 0.311. The number of fused-ring (bicyclic) bond motifs is 2. The van der Waals surface area contributed by atoms with Crippen molar-refractivity contribution in [1.82, 2.24) is 19.4 Å². The lowest BCUT2D eigenvalue weighted by Gasteiger charge is -2.20. The summed E-state index contributed by atoms with van der Waals surface area (Å²) in [4.78, 5) is 25.4. The quantitative estimate of drug-likeness (QED) is 0.689. The van der Waals surface area contributed by atoms with Crippen LogP contribution in [0, 0.1) is 6.92 Å². The predicted octanol–water partition coefficient (Wildman–Crippen LogP) is 2.35. The van der Waals surface area contributed by atoms with Crippen LogP contribution in [0.25, 0.3) is 21.5 Å². The second kappa shape index (κ2) is 5.25. The molecular weight excluding hydrogens is 308 g/mol. The second-order valence-electron chi connectivity index (χ2n) is 6.13. The van der Waals surface area contributed by atoms with Crippen molar-refractivity contribution in [3.8, 4) is 10.6 Å². The molecule has 0 unspecified atom stereocenters. The largest absolute Gasteiger partial charge is 0.300 e. The van der Waals surface area contributed by atoms with Gasteiger partial charge in [0.1, 0.15) is 10.8 Å². The highest BCUT2D eigenvalue weighted by Gasteiger charge is 2.19. The van der Waals surface area contributed by atoms with Crippen molar-refractivity contribution in [2.24, 2.45) is 7.05 Å². The van der Waals surface area contributed by atoms with Crippen LogP contribution in [0.1, 0.15) is 16.4 Å². The van der Waals surface area contributed by atoms with Crippen molar-refractivity contribution < 1.29 is 0 Å². The predicted molar refractivity (Wildman–Crippen MR) is 92.9 cm³/mol. The SMILES string of the molecule is Cc1nc2ccc(-c3nc4c(s3)CCN(C)C4)cc2c(=O)n1C. The van der Waals surface area contributed by atoms with Gasteiger partial charge >= 0.3 is 0 Å². The van der Waals surface area contributed by atoms with Crippen LogP contribution in [-0.2, 0) is 20.0 Å². The van der Waals surface area contributed by atoms with Crippen LogP contribution in [0.4, 0.5) is 0 Å². The molecule has 0 N–H and O–H groups in total. The Balaban J connectivity index is 1.85. The first-order valence-corrected chi connectivity index (χ1v) is 8.49. The molecule has 0 saturated heterocycles. The van der Waals surface area contributed by atoms with E-state index < -0.39 is 0 Å². The normalized spacial score (nSPS) is 15.1. The lowest BCUT2D eigenvalue weighted by atomic mass is 10.1. The number of hydrogen-bond acceptors (Lipinski definition) is 5. The van der Waals surface area contributed by atoms with E-state index in [-0.39, 0.29) is 5.56 Å². The topological polar surface area (TPSA) is 51.0 Å². The highest BCUT2D eigenvalue weighted by Crippen LogP contribution is 2.32. The molecule has 1 aromatic carbocycles. The Morgan fingerprint density at radius 3 is 2.87 bits per heavy atom. The van der Waals surface area contributed by atoms with Crippen molar-refractivity contribution in [1.29, 1.82) is 0 Å². The van der Waals surface area contributed by atoms with Gasteiger partial charge in [0, 0.05) is 30.6 Å². The number of hydrogen-bond donors (Lipinski definition) is 0. The van der Waals surface area contributed by atoms with Crippen molar-refractivity contribution >= 4 is 22.2 Å². The van der Waals surface area contributed by atoms with E-state index in [1.807, 2.05) is 25.1 Å². The minimum absolute atomic E-state index is 0.00426. The molecule has 0 bridgehead atoms. The fourth-order valence-electron chi connectivity index (χ4n) is 2.97. The van der Waals surface area contributed by atoms with Crippen LogP contribution < -0.4 is 5.56 Å². The fourth-order valence-corrected chi connectivity index (χ4v) is 4.02. The van der Waals surface area contributed by atoms with Gasteiger partial charge in [-0.25, -0.2) is 9.97 Å². The molecule has 0 radical (unpaired) electrons. The molecule has 4 rings (SSSR count). The van der Waals surface area contributed by atoms with Crippen molar-refractivity contribution in [2.75, 3.05) is 13.6 Å². The highest BCUT2D eigenvalue weighted by atomic mass is 32.1. The van der Waals surface area contributed by atoms with Crippen molar-refractivity contribution in [3.63, 3.8) is 0 Å². The number of rotatable bonds is 1. The number of aryl methyl sites for hydroxylation is 1. The minimum Gasteiger partial charge on any atom is -0.300 e. The summed E-state index contributed by atoms with van der Waals surface area (Å²) in [5.41, 5.74) is 2.92. The summed E-state index contributed by atoms with van der Waals surface area (Å²) in [7, 11) is 3.88. The first-order chi connectivity index (χ1) is 11.0. The minimum atomic E-state index is -0.00426. The van der Waals surface area contributed by atoms with Gasteiger partial charge in [-0.1, -0.05) is 0 Å². The van der Waals surface area contributed by atoms with Gasteiger partial charge in [0.25, 0.3) is 5.56 Å². The lowest BCUT2D eigenvalue weighted by Crippen LogP contribution is -2.25. The summed E-state index contributed by atoms with van der Waals surface area (Å²) in [5, 5.41) is 1.65. The van der Waals surface area contributed by atoms with Gasteiger partial charge in [-0.2, -0.15) is 0 Å². The van der Waals surface area contributed by atoms with Crippen molar-refractivity contribution in [2.45, 2.75) is 19.9 Å². The molecule has 0 spiro atoms. The fraction of sp³-hybridized carbons (Fsp3) is 0.353. The van der Waals surface area contributed by atoms with E-state index in [4.69, 9.17) is 4.98 Å². The molecule has 118 valence electrons. The molecule has 3 aromatic rings. The molecule has 0 aliphatic carbocycles. The standard InChI is InChI=1S/C17H18N4OS/c1-10-18-13-5-4-11(8-12(13)17(22)21(10)3)16-19-14-9-20(2)7-6-15(14)23-16/h4-5,8H,6-7,9H2,1-3H3. The first-order valence-electron chi connectivity index (χ1n) is 7.68. The Morgan fingerprint density at radius 1 is 1.22 bits per heavy atom. The van der Waals surface area contributed by atoms with Crippen molar-refractivity contribution in [3.05, 3.63) is 44.9 Å². The molecule has 0 saturated carbocycles. The van der Waals surface area contributed by atoms with Crippen LogP contribution in [0.5, 0.6) is 0 Å². The van der Waals surface area contributed by atoms with Crippen LogP contribution in [0.3, 0.4) is 0 Å². The average Bonchev–Trinajstić information content (AvgIpc) is 2.95. The number of aromatic nitrogens is 3. The Kier molecular flexibility index (Phi) is 3.32. The third-order valence-corrected chi connectivity index (χ3v) is 5.67. The molecule has 0 fully saturated rings. The van der Waals surface area contributed by atoms with E-state index >= 15 is 0 Å². The Hall–Kier alpha value is -2.05. The number of thiazole rings is 1. The molecule has 0 amide bonds. The maximum absolute atomic E-state index is 12.5. The summed E-state index contributed by atoms with van der Waals surface area (Å²) >= 11 is 1.75. The molecule has 23 heavy (non-hydrogen) atoms. The van der Waals surface area contributed by atoms with Gasteiger partial charge in [0.05, 0.1) is 16.6 Å². The Morgan fingerprint density at radius 2 is 2.04 bits per heavy atom. The molecule has 6 heteroatoms. The summed E-state index contributed by atoms with van der Waals surface area (Å²) in [6.07, 6.45) is 1.06. The summed E-state index contributed by atoms with van der Waals surface area (Å²) in [6, 6.07) is 5.87. The summed E-state index contributed by atoms with van der Waals surface area (Å²) in [6.45, 7) is 3.83. The summed E-state index contributed by atoms with van der Waals surface area (Å²) < 4.78 is 1.59. The van der Waals surface area contributed by atoms with E-state index in [9.17, 15) is 4.79 Å². The smallest absolute Gasteiger partial charge is 0.261 e. The first kappa shape index (κ1) is 14.5. The van der Waals surface area contributed by atoms with E-state index in [0.717, 1.165) is 41.4 Å². The zero-order chi connectivity index (χ0) is 16.1. The summed E-state index contributed by atoms with van der Waals surface area (Å²) in [5.74, 6) is 0.725. The zero-order valence-corrected chi connectivity index (χ0v) is 14.3. The number of nitrogens with zero attached hydrogens (tertiary/aromatic N) is 4.